The van der Waals surface area contributed by atoms with Crippen LogP contribution in [0.5, 0.6) is 0 Å². The van der Waals surface area contributed by atoms with Crippen LogP contribution in [0.2, 0.25) is 0 Å². The van der Waals surface area contributed by atoms with Gasteiger partial charge in [-0.2, -0.15) is 0 Å². The molecule has 2 aliphatic rings. The fourth-order valence-electron chi connectivity index (χ4n) is 3.14. The summed E-state index contributed by atoms with van der Waals surface area (Å²) in [4.78, 5) is 0. The molecule has 2 atom stereocenters. The van der Waals surface area contributed by atoms with Crippen molar-refractivity contribution in [1.29, 1.82) is 0 Å². The average Bonchev–Trinajstić information content (AvgIpc) is 2.31. The van der Waals surface area contributed by atoms with Crippen molar-refractivity contribution in [1.82, 2.24) is 5.32 Å². The second-order valence-electron chi connectivity index (χ2n) is 5.17. The molecule has 0 spiro atoms. The maximum absolute atomic E-state index is 5.58. The Morgan fingerprint density at radius 1 is 0.867 bits per heavy atom. The number of nitrogens with one attached hydrogen (secondary N) is 1. The largest absolute Gasteiger partial charge is 0.380 e. The van der Waals surface area contributed by atoms with Gasteiger partial charge in [0.05, 0.1) is 6.10 Å². The zero-order chi connectivity index (χ0) is 10.5. The summed E-state index contributed by atoms with van der Waals surface area (Å²) < 4.78 is 5.58. The molecule has 0 saturated heterocycles. The highest BCUT2D eigenvalue weighted by atomic mass is 16.5. The maximum Gasteiger partial charge on any atom is 0.0724 e. The summed E-state index contributed by atoms with van der Waals surface area (Å²) in [6.07, 6.45) is 12.8. The highest BCUT2D eigenvalue weighted by molar-refractivity contribution is 4.85. The van der Waals surface area contributed by atoms with E-state index in [-0.39, 0.29) is 0 Å². The molecular weight excluding hydrogens is 186 g/mol. The molecule has 2 rings (SSSR count). The van der Waals surface area contributed by atoms with Crippen molar-refractivity contribution >= 4 is 0 Å². The van der Waals surface area contributed by atoms with Gasteiger partial charge in [-0.1, -0.05) is 32.1 Å². The summed E-state index contributed by atoms with van der Waals surface area (Å²) in [6.45, 7) is 0. The monoisotopic (exact) mass is 211 g/mol. The molecule has 0 unspecified atom stereocenters. The smallest absolute Gasteiger partial charge is 0.0724 e. The minimum Gasteiger partial charge on any atom is -0.380 e. The average molecular weight is 211 g/mol. The lowest BCUT2D eigenvalue weighted by molar-refractivity contribution is 0.0358. The lowest BCUT2D eigenvalue weighted by Gasteiger charge is -2.35. The molecule has 0 radical (unpaired) electrons. The SMILES string of the molecule is CO[C@@H]1CCCC[C@H]1NC1CCCCC1. The molecule has 2 nitrogen and oxygen atoms in total. The first-order valence-electron chi connectivity index (χ1n) is 6.69. The third-order valence-corrected chi connectivity index (χ3v) is 4.06. The predicted octanol–water partition coefficient (Wildman–Crippen LogP) is 2.87. The lowest BCUT2D eigenvalue weighted by Crippen LogP contribution is -2.48. The van der Waals surface area contributed by atoms with Gasteiger partial charge in [0.2, 0.25) is 0 Å². The maximum atomic E-state index is 5.58. The van der Waals surface area contributed by atoms with Gasteiger partial charge in [0.25, 0.3) is 0 Å². The summed E-state index contributed by atoms with van der Waals surface area (Å²) in [5, 5.41) is 3.83. The second kappa shape index (κ2) is 5.86. The first kappa shape index (κ1) is 11.4. The van der Waals surface area contributed by atoms with Crippen molar-refractivity contribution in [3.8, 4) is 0 Å². The van der Waals surface area contributed by atoms with E-state index in [0.717, 1.165) is 6.04 Å². The van der Waals surface area contributed by atoms with Gasteiger partial charge in [0.15, 0.2) is 0 Å². The molecule has 2 aliphatic carbocycles. The van der Waals surface area contributed by atoms with Crippen molar-refractivity contribution < 1.29 is 4.74 Å². The van der Waals surface area contributed by atoms with Gasteiger partial charge < -0.3 is 10.1 Å². The van der Waals surface area contributed by atoms with Crippen LogP contribution in [0.25, 0.3) is 0 Å². The number of methoxy groups -OCH3 is 1. The van der Waals surface area contributed by atoms with Crippen LogP contribution in [-0.2, 0) is 4.74 Å². The van der Waals surface area contributed by atoms with Crippen molar-refractivity contribution in [3.05, 3.63) is 0 Å². The van der Waals surface area contributed by atoms with E-state index in [1.807, 2.05) is 7.11 Å². The van der Waals surface area contributed by atoms with E-state index >= 15 is 0 Å². The quantitative estimate of drug-likeness (QED) is 0.775. The lowest BCUT2D eigenvalue weighted by atomic mass is 9.89. The molecule has 0 bridgehead atoms. The molecule has 15 heavy (non-hydrogen) atoms. The number of hydrogen-bond acceptors (Lipinski definition) is 2. The van der Waals surface area contributed by atoms with E-state index in [1.165, 1.54) is 57.8 Å². The van der Waals surface area contributed by atoms with Crippen molar-refractivity contribution in [2.24, 2.45) is 0 Å². The predicted molar refractivity (Wildman–Crippen MR) is 63.1 cm³/mol. The Bertz CT molecular complexity index is 177. The van der Waals surface area contributed by atoms with Gasteiger partial charge in [-0.3, -0.25) is 0 Å². The Kier molecular flexibility index (Phi) is 4.45. The molecule has 0 aromatic heterocycles. The molecule has 0 aromatic carbocycles. The number of hydrogen-bond donors (Lipinski definition) is 1. The molecule has 2 fully saturated rings. The zero-order valence-corrected chi connectivity index (χ0v) is 10.0. The van der Waals surface area contributed by atoms with Crippen molar-refractivity contribution in [3.63, 3.8) is 0 Å². The topological polar surface area (TPSA) is 21.3 Å². The Morgan fingerprint density at radius 2 is 1.53 bits per heavy atom. The normalized spacial score (nSPS) is 34.2. The Morgan fingerprint density at radius 3 is 2.27 bits per heavy atom. The molecule has 88 valence electrons. The summed E-state index contributed by atoms with van der Waals surface area (Å²) in [6, 6.07) is 1.41. The van der Waals surface area contributed by atoms with E-state index < -0.39 is 0 Å². The Labute approximate surface area is 93.8 Å². The Balaban J connectivity index is 1.79. The van der Waals surface area contributed by atoms with Crippen molar-refractivity contribution in [2.75, 3.05) is 7.11 Å². The molecule has 2 saturated carbocycles. The molecule has 0 amide bonds. The third kappa shape index (κ3) is 3.18. The number of rotatable bonds is 3. The summed E-state index contributed by atoms with van der Waals surface area (Å²) >= 11 is 0. The van der Waals surface area contributed by atoms with Crippen LogP contribution < -0.4 is 5.32 Å². The second-order valence-corrected chi connectivity index (χ2v) is 5.17. The van der Waals surface area contributed by atoms with Gasteiger partial charge >= 0.3 is 0 Å². The van der Waals surface area contributed by atoms with Crippen LogP contribution >= 0.6 is 0 Å². The molecular formula is C13H25NO. The van der Waals surface area contributed by atoms with Crippen LogP contribution in [0.3, 0.4) is 0 Å². The minimum atomic E-state index is 0.473. The molecule has 0 aromatic rings. The van der Waals surface area contributed by atoms with Gasteiger partial charge in [-0.15, -0.1) is 0 Å². The van der Waals surface area contributed by atoms with Crippen molar-refractivity contribution in [2.45, 2.75) is 76.0 Å². The van der Waals surface area contributed by atoms with E-state index in [9.17, 15) is 0 Å². The van der Waals surface area contributed by atoms with Crippen LogP contribution in [0.15, 0.2) is 0 Å². The van der Waals surface area contributed by atoms with Crippen LogP contribution in [-0.4, -0.2) is 25.3 Å². The highest BCUT2D eigenvalue weighted by Crippen LogP contribution is 2.24. The van der Waals surface area contributed by atoms with E-state index in [2.05, 4.69) is 5.32 Å². The van der Waals surface area contributed by atoms with E-state index in [1.54, 1.807) is 0 Å². The van der Waals surface area contributed by atoms with E-state index in [0.29, 0.717) is 12.1 Å². The Hall–Kier alpha value is -0.0800. The standard InChI is InChI=1S/C13H25NO/c1-15-13-10-6-5-9-12(13)14-11-7-3-2-4-8-11/h11-14H,2-10H2,1H3/t12-,13-/m1/s1. The van der Waals surface area contributed by atoms with Crippen LogP contribution in [0.1, 0.15) is 57.8 Å². The van der Waals surface area contributed by atoms with Crippen LogP contribution in [0.4, 0.5) is 0 Å². The molecule has 1 N–H and O–H groups in total. The highest BCUT2D eigenvalue weighted by Gasteiger charge is 2.27. The van der Waals surface area contributed by atoms with Gasteiger partial charge in [0.1, 0.15) is 0 Å². The fraction of sp³-hybridized carbons (Fsp3) is 1.00. The van der Waals surface area contributed by atoms with Gasteiger partial charge in [-0.05, 0) is 25.7 Å². The third-order valence-electron chi connectivity index (χ3n) is 4.06. The van der Waals surface area contributed by atoms with E-state index in [4.69, 9.17) is 4.74 Å². The summed E-state index contributed by atoms with van der Waals surface area (Å²) in [7, 11) is 1.87. The first-order chi connectivity index (χ1) is 7.40. The summed E-state index contributed by atoms with van der Waals surface area (Å²) in [5.41, 5.74) is 0. The summed E-state index contributed by atoms with van der Waals surface area (Å²) in [5.74, 6) is 0. The number of ether oxygens (including phenoxy) is 1. The fourth-order valence-corrected chi connectivity index (χ4v) is 3.14. The molecule has 0 heterocycles. The minimum absolute atomic E-state index is 0.473. The van der Waals surface area contributed by atoms with Gasteiger partial charge in [-0.25, -0.2) is 0 Å². The first-order valence-corrected chi connectivity index (χ1v) is 6.69. The van der Waals surface area contributed by atoms with Crippen LogP contribution in [0, 0.1) is 0 Å². The molecule has 0 aliphatic heterocycles. The zero-order valence-electron chi connectivity index (χ0n) is 10.0. The van der Waals surface area contributed by atoms with Gasteiger partial charge in [0, 0.05) is 19.2 Å². The molecule has 2 heteroatoms.